The van der Waals surface area contributed by atoms with Crippen molar-refractivity contribution < 1.29 is 32.8 Å². The van der Waals surface area contributed by atoms with Crippen molar-refractivity contribution in [2.24, 2.45) is 0 Å². The van der Waals surface area contributed by atoms with E-state index >= 15 is 0 Å². The second-order valence-electron chi connectivity index (χ2n) is 1.94. The molecule has 72 valence electrons. The van der Waals surface area contributed by atoms with Gasteiger partial charge in [-0.25, -0.2) is 0 Å². The molecule has 7 nitrogen and oxygen atoms in total. The van der Waals surface area contributed by atoms with Crippen molar-refractivity contribution in [2.75, 3.05) is 0 Å². The molecular formula is C4H7LiO7S. The van der Waals surface area contributed by atoms with E-state index in [9.17, 15) is 18.0 Å². The van der Waals surface area contributed by atoms with E-state index in [1.54, 1.807) is 0 Å². The summed E-state index contributed by atoms with van der Waals surface area (Å²) in [5.41, 5.74) is 0. The molecule has 0 heterocycles. The third-order valence-corrected chi connectivity index (χ3v) is 2.08. The van der Waals surface area contributed by atoms with Gasteiger partial charge in [-0.3, -0.25) is 14.1 Å². The van der Waals surface area contributed by atoms with Crippen LogP contribution < -0.4 is 0 Å². The molecule has 1 unspecified atom stereocenters. The summed E-state index contributed by atoms with van der Waals surface area (Å²) in [4.78, 5) is 20.0. The van der Waals surface area contributed by atoms with Crippen molar-refractivity contribution in [2.45, 2.75) is 11.7 Å². The number of rotatable bonds is 4. The van der Waals surface area contributed by atoms with Crippen LogP contribution in [0.2, 0.25) is 0 Å². The van der Waals surface area contributed by atoms with E-state index in [4.69, 9.17) is 14.8 Å². The average molecular weight is 206 g/mol. The molecule has 0 saturated carbocycles. The summed E-state index contributed by atoms with van der Waals surface area (Å²) in [6, 6.07) is 0. The monoisotopic (exact) mass is 206 g/mol. The van der Waals surface area contributed by atoms with E-state index in [1.807, 2.05) is 0 Å². The fourth-order valence-corrected chi connectivity index (χ4v) is 1.09. The molecule has 0 bridgehead atoms. The molecule has 13 heavy (non-hydrogen) atoms. The number of carbonyl (C=O) groups is 2. The molecule has 0 spiro atoms. The number of carboxylic acids is 2. The second-order valence-corrected chi connectivity index (χ2v) is 3.54. The Balaban J connectivity index is 0. The first-order chi connectivity index (χ1) is 5.25. The van der Waals surface area contributed by atoms with Gasteiger partial charge in [-0.05, 0) is 0 Å². The van der Waals surface area contributed by atoms with E-state index in [2.05, 4.69) is 0 Å². The van der Waals surface area contributed by atoms with Crippen LogP contribution in [0.3, 0.4) is 0 Å². The van der Waals surface area contributed by atoms with Crippen LogP contribution in [-0.4, -0.2) is 59.2 Å². The average Bonchev–Trinajstić information content (AvgIpc) is 1.79. The van der Waals surface area contributed by atoms with E-state index in [1.165, 1.54) is 0 Å². The minimum atomic E-state index is -4.84. The molecule has 9 heteroatoms. The van der Waals surface area contributed by atoms with Gasteiger partial charge in [-0.1, -0.05) is 0 Å². The zero-order valence-electron chi connectivity index (χ0n) is 5.67. The molecule has 0 aliphatic rings. The van der Waals surface area contributed by atoms with Crippen molar-refractivity contribution in [1.29, 1.82) is 0 Å². The Hall–Kier alpha value is -0.553. The first kappa shape index (κ1) is 14.9. The van der Waals surface area contributed by atoms with Crippen molar-refractivity contribution >= 4 is 40.9 Å². The first-order valence-corrected chi connectivity index (χ1v) is 4.16. The number of hydrogen-bond acceptors (Lipinski definition) is 4. The van der Waals surface area contributed by atoms with Gasteiger partial charge in [0, 0.05) is 0 Å². The molecule has 0 aliphatic carbocycles. The molecule has 0 aromatic heterocycles. The molecule has 3 N–H and O–H groups in total. The molecule has 0 aromatic rings. The summed E-state index contributed by atoms with van der Waals surface area (Å²) in [6.45, 7) is 0. The van der Waals surface area contributed by atoms with Crippen LogP contribution in [0.4, 0.5) is 0 Å². The predicted octanol–water partition coefficient (Wildman–Crippen LogP) is -1.85. The normalized spacial score (nSPS) is 12.7. The minimum absolute atomic E-state index is 0. The molecule has 0 fully saturated rings. The fourth-order valence-electron chi connectivity index (χ4n) is 0.479. The molecule has 0 radical (unpaired) electrons. The Kier molecular flexibility index (Phi) is 6.02. The summed E-state index contributed by atoms with van der Waals surface area (Å²) in [5.74, 6) is -3.50. The van der Waals surface area contributed by atoms with Gasteiger partial charge in [0.2, 0.25) is 0 Å². The Labute approximate surface area is 85.7 Å². The number of carboxylic acid groups (broad SMARTS) is 2. The third kappa shape index (κ3) is 5.65. The van der Waals surface area contributed by atoms with Crippen LogP contribution >= 0.6 is 0 Å². The third-order valence-electron chi connectivity index (χ3n) is 0.995. The van der Waals surface area contributed by atoms with Crippen LogP contribution in [0.25, 0.3) is 0 Å². The maximum atomic E-state index is 10.2. The van der Waals surface area contributed by atoms with Gasteiger partial charge in [0.25, 0.3) is 10.1 Å². The maximum absolute atomic E-state index is 10.2. The Morgan fingerprint density at radius 1 is 1.23 bits per heavy atom. The predicted molar refractivity (Wildman–Crippen MR) is 42.4 cm³/mol. The summed E-state index contributed by atoms with van der Waals surface area (Å²) in [5, 5.41) is 13.9. The van der Waals surface area contributed by atoms with E-state index in [0.29, 0.717) is 0 Å². The summed E-state index contributed by atoms with van der Waals surface area (Å²) in [6.07, 6.45) is -1.16. The van der Waals surface area contributed by atoms with Crippen molar-refractivity contribution in [3.05, 3.63) is 0 Å². The van der Waals surface area contributed by atoms with Crippen LogP contribution in [0, 0.1) is 0 Å². The quantitative estimate of drug-likeness (QED) is 0.363. The van der Waals surface area contributed by atoms with Crippen LogP contribution in [0.5, 0.6) is 0 Å². The number of aliphatic carboxylic acids is 2. The molecular weight excluding hydrogens is 199 g/mol. The number of hydrogen-bond donors (Lipinski definition) is 3. The zero-order valence-corrected chi connectivity index (χ0v) is 6.48. The molecule has 0 aromatic carbocycles. The van der Waals surface area contributed by atoms with Crippen molar-refractivity contribution in [3.8, 4) is 0 Å². The van der Waals surface area contributed by atoms with Gasteiger partial charge in [0.1, 0.15) is 0 Å². The zero-order chi connectivity index (χ0) is 9.94. The Morgan fingerprint density at radius 2 is 1.62 bits per heavy atom. The van der Waals surface area contributed by atoms with E-state index < -0.39 is 33.7 Å². The van der Waals surface area contributed by atoms with Crippen LogP contribution in [0.15, 0.2) is 0 Å². The molecule has 0 aliphatic heterocycles. The molecule has 1 atom stereocenters. The van der Waals surface area contributed by atoms with Crippen molar-refractivity contribution in [3.63, 3.8) is 0 Å². The summed E-state index contributed by atoms with van der Waals surface area (Å²) >= 11 is 0. The van der Waals surface area contributed by atoms with E-state index in [0.717, 1.165) is 0 Å². The van der Waals surface area contributed by atoms with Gasteiger partial charge < -0.3 is 10.2 Å². The van der Waals surface area contributed by atoms with Crippen LogP contribution in [-0.2, 0) is 19.7 Å². The van der Waals surface area contributed by atoms with Gasteiger partial charge in [-0.15, -0.1) is 0 Å². The van der Waals surface area contributed by atoms with E-state index in [-0.39, 0.29) is 18.9 Å². The van der Waals surface area contributed by atoms with Crippen LogP contribution in [0.1, 0.15) is 6.42 Å². The van der Waals surface area contributed by atoms with Gasteiger partial charge in [-0.2, -0.15) is 8.42 Å². The fraction of sp³-hybridized carbons (Fsp3) is 0.500. The van der Waals surface area contributed by atoms with Gasteiger partial charge in [0.15, 0.2) is 5.25 Å². The Morgan fingerprint density at radius 3 is 1.69 bits per heavy atom. The topological polar surface area (TPSA) is 129 Å². The summed E-state index contributed by atoms with van der Waals surface area (Å²) < 4.78 is 28.7. The SMILES string of the molecule is O=C(O)CC(C(=O)O)S(=O)(=O)O.[LiH]. The van der Waals surface area contributed by atoms with Gasteiger partial charge in [0.05, 0.1) is 6.42 Å². The molecule has 0 saturated heterocycles. The Bertz CT molecular complexity index is 294. The molecule has 0 amide bonds. The first-order valence-electron chi connectivity index (χ1n) is 2.66. The van der Waals surface area contributed by atoms with Gasteiger partial charge >= 0.3 is 30.8 Å². The second kappa shape index (κ2) is 5.24. The molecule has 0 rings (SSSR count). The van der Waals surface area contributed by atoms with Crippen molar-refractivity contribution in [1.82, 2.24) is 0 Å². The summed E-state index contributed by atoms with van der Waals surface area (Å²) in [7, 11) is -4.84. The standard InChI is InChI=1S/C4H6O7S.Li.H/c5-3(6)1-2(4(7)8)12(9,10)11;;/h2H,1H2,(H,5,6)(H,7,8)(H,9,10,11);;.